The van der Waals surface area contributed by atoms with Crippen molar-refractivity contribution in [3.63, 3.8) is 0 Å². The van der Waals surface area contributed by atoms with Crippen molar-refractivity contribution in [1.29, 1.82) is 0 Å². The summed E-state index contributed by atoms with van der Waals surface area (Å²) >= 11 is 1.32. The molecule has 1 aromatic heterocycles. The van der Waals surface area contributed by atoms with E-state index in [0.717, 1.165) is 0 Å². The summed E-state index contributed by atoms with van der Waals surface area (Å²) in [6.45, 7) is 2.42. The molecule has 20 heavy (non-hydrogen) atoms. The summed E-state index contributed by atoms with van der Waals surface area (Å²) in [7, 11) is 0. The highest BCUT2D eigenvalue weighted by Gasteiger charge is 2.08. The summed E-state index contributed by atoms with van der Waals surface area (Å²) in [6.07, 6.45) is 0.791. The number of nitrogens with one attached hydrogen (secondary N) is 2. The molecule has 0 aliphatic carbocycles. The fourth-order valence-corrected chi connectivity index (χ4v) is 2.05. The Hall–Kier alpha value is -1.89. The van der Waals surface area contributed by atoms with Crippen LogP contribution in [0.3, 0.4) is 0 Å². The summed E-state index contributed by atoms with van der Waals surface area (Å²) in [6, 6.07) is 3.46. The minimum atomic E-state index is -0.279. The molecule has 0 aromatic carbocycles. The Kier molecular flexibility index (Phi) is 7.34. The zero-order valence-corrected chi connectivity index (χ0v) is 12.1. The standard InChI is InChI=1S/C13H18N2O4S/c1-2-19-12(17)6-3-7-14-11(16)9-15-13(18)10-5-4-8-20-10/h4-5,8H,2-3,6-7,9H2,1H3,(H,14,16)(H,15,18). The van der Waals surface area contributed by atoms with Crippen molar-refractivity contribution in [3.8, 4) is 0 Å². The largest absolute Gasteiger partial charge is 0.466 e. The fraction of sp³-hybridized carbons (Fsp3) is 0.462. The first kappa shape index (κ1) is 16.2. The minimum Gasteiger partial charge on any atom is -0.466 e. The third kappa shape index (κ3) is 6.33. The first-order valence-corrected chi connectivity index (χ1v) is 7.25. The van der Waals surface area contributed by atoms with Gasteiger partial charge in [0.2, 0.25) is 5.91 Å². The van der Waals surface area contributed by atoms with Gasteiger partial charge in [0.25, 0.3) is 5.91 Å². The maximum absolute atomic E-state index is 11.6. The molecule has 110 valence electrons. The Balaban J connectivity index is 2.09. The van der Waals surface area contributed by atoms with Crippen molar-refractivity contribution >= 4 is 29.1 Å². The van der Waals surface area contributed by atoms with Gasteiger partial charge in [-0.1, -0.05) is 6.07 Å². The Morgan fingerprint density at radius 2 is 2.10 bits per heavy atom. The molecule has 0 saturated heterocycles. The number of thiophene rings is 1. The summed E-state index contributed by atoms with van der Waals surface area (Å²) in [5, 5.41) is 6.94. The van der Waals surface area contributed by atoms with Crippen LogP contribution in [0.2, 0.25) is 0 Å². The molecule has 0 spiro atoms. The van der Waals surface area contributed by atoms with Crippen LogP contribution < -0.4 is 10.6 Å². The molecule has 2 N–H and O–H groups in total. The third-order valence-corrected chi connectivity index (χ3v) is 3.21. The second-order valence-electron chi connectivity index (χ2n) is 3.92. The van der Waals surface area contributed by atoms with E-state index in [1.54, 1.807) is 24.4 Å². The molecule has 0 aliphatic rings. The monoisotopic (exact) mass is 298 g/mol. The molecule has 2 amide bonds. The van der Waals surface area contributed by atoms with Crippen LogP contribution in [0.1, 0.15) is 29.4 Å². The van der Waals surface area contributed by atoms with Crippen molar-refractivity contribution < 1.29 is 19.1 Å². The van der Waals surface area contributed by atoms with E-state index in [-0.39, 0.29) is 30.7 Å². The summed E-state index contributed by atoms with van der Waals surface area (Å²) in [5.74, 6) is -0.812. The van der Waals surface area contributed by atoms with Crippen LogP contribution >= 0.6 is 11.3 Å². The Morgan fingerprint density at radius 1 is 1.30 bits per heavy atom. The summed E-state index contributed by atoms with van der Waals surface area (Å²) < 4.78 is 4.76. The molecule has 1 rings (SSSR count). The first-order chi connectivity index (χ1) is 9.63. The molecule has 7 heteroatoms. The number of carbonyl (C=O) groups excluding carboxylic acids is 3. The summed E-state index contributed by atoms with van der Waals surface area (Å²) in [5.41, 5.74) is 0. The number of hydrogen-bond acceptors (Lipinski definition) is 5. The van der Waals surface area contributed by atoms with Crippen LogP contribution in [0, 0.1) is 0 Å². The van der Waals surface area contributed by atoms with E-state index < -0.39 is 0 Å². The number of esters is 1. The Bertz CT molecular complexity index is 445. The first-order valence-electron chi connectivity index (χ1n) is 6.37. The highest BCUT2D eigenvalue weighted by molar-refractivity contribution is 7.12. The maximum atomic E-state index is 11.6. The van der Waals surface area contributed by atoms with Gasteiger partial charge in [-0.25, -0.2) is 0 Å². The average molecular weight is 298 g/mol. The van der Waals surface area contributed by atoms with Crippen molar-refractivity contribution in [2.24, 2.45) is 0 Å². The van der Waals surface area contributed by atoms with E-state index in [1.807, 2.05) is 0 Å². The van der Waals surface area contributed by atoms with Crippen molar-refractivity contribution in [1.82, 2.24) is 10.6 Å². The van der Waals surface area contributed by atoms with E-state index >= 15 is 0 Å². The predicted molar refractivity (Wildman–Crippen MR) is 75.5 cm³/mol. The van der Waals surface area contributed by atoms with Crippen molar-refractivity contribution in [2.45, 2.75) is 19.8 Å². The quantitative estimate of drug-likeness (QED) is 0.552. The molecule has 1 aromatic rings. The average Bonchev–Trinajstić information content (AvgIpc) is 2.95. The Morgan fingerprint density at radius 3 is 2.75 bits per heavy atom. The predicted octanol–water partition coefficient (Wildman–Crippen LogP) is 0.937. The van der Waals surface area contributed by atoms with Crippen LogP contribution in [0.25, 0.3) is 0 Å². The van der Waals surface area contributed by atoms with Crippen LogP contribution in [0.4, 0.5) is 0 Å². The zero-order chi connectivity index (χ0) is 14.8. The molecule has 0 aliphatic heterocycles. The molecule has 1 heterocycles. The Labute approximate surface area is 121 Å². The lowest BCUT2D eigenvalue weighted by Crippen LogP contribution is -2.37. The van der Waals surface area contributed by atoms with Gasteiger partial charge in [0.05, 0.1) is 18.0 Å². The lowest BCUT2D eigenvalue weighted by atomic mass is 10.3. The fourth-order valence-electron chi connectivity index (χ4n) is 1.41. The van der Waals surface area contributed by atoms with E-state index in [4.69, 9.17) is 4.74 Å². The van der Waals surface area contributed by atoms with Crippen LogP contribution in [-0.4, -0.2) is 37.5 Å². The molecular weight excluding hydrogens is 280 g/mol. The highest BCUT2D eigenvalue weighted by Crippen LogP contribution is 2.07. The van der Waals surface area contributed by atoms with Crippen LogP contribution in [-0.2, 0) is 14.3 Å². The van der Waals surface area contributed by atoms with Gasteiger partial charge in [0.1, 0.15) is 0 Å². The normalized spacial score (nSPS) is 9.85. The number of rotatable bonds is 8. The highest BCUT2D eigenvalue weighted by atomic mass is 32.1. The van der Waals surface area contributed by atoms with Crippen LogP contribution in [0.5, 0.6) is 0 Å². The van der Waals surface area contributed by atoms with E-state index in [2.05, 4.69) is 10.6 Å². The SMILES string of the molecule is CCOC(=O)CCCNC(=O)CNC(=O)c1cccs1. The second-order valence-corrected chi connectivity index (χ2v) is 4.87. The lowest BCUT2D eigenvalue weighted by molar-refractivity contribution is -0.143. The lowest BCUT2D eigenvalue weighted by Gasteiger charge is -2.06. The van der Waals surface area contributed by atoms with Crippen molar-refractivity contribution in [3.05, 3.63) is 22.4 Å². The van der Waals surface area contributed by atoms with Crippen LogP contribution in [0.15, 0.2) is 17.5 Å². The smallest absolute Gasteiger partial charge is 0.305 e. The van der Waals surface area contributed by atoms with E-state index in [9.17, 15) is 14.4 Å². The second kappa shape index (κ2) is 9.08. The molecule has 0 saturated carbocycles. The van der Waals surface area contributed by atoms with Crippen molar-refractivity contribution in [2.75, 3.05) is 19.7 Å². The van der Waals surface area contributed by atoms with Gasteiger partial charge in [0, 0.05) is 13.0 Å². The van der Waals surface area contributed by atoms with Gasteiger partial charge in [0.15, 0.2) is 0 Å². The molecule has 0 atom stereocenters. The number of carbonyl (C=O) groups is 3. The minimum absolute atomic E-state index is 0.0733. The third-order valence-electron chi connectivity index (χ3n) is 2.34. The zero-order valence-electron chi connectivity index (χ0n) is 11.3. The van der Waals surface area contributed by atoms with E-state index in [0.29, 0.717) is 24.4 Å². The van der Waals surface area contributed by atoms with Gasteiger partial charge in [-0.3, -0.25) is 14.4 Å². The molecular formula is C13H18N2O4S. The van der Waals surface area contributed by atoms with E-state index in [1.165, 1.54) is 11.3 Å². The molecule has 0 radical (unpaired) electrons. The number of amides is 2. The topological polar surface area (TPSA) is 84.5 Å². The molecule has 0 bridgehead atoms. The maximum Gasteiger partial charge on any atom is 0.305 e. The number of hydrogen-bond donors (Lipinski definition) is 2. The molecule has 0 fully saturated rings. The van der Waals surface area contributed by atoms with Gasteiger partial charge in [-0.15, -0.1) is 11.3 Å². The van der Waals surface area contributed by atoms with Gasteiger partial charge < -0.3 is 15.4 Å². The number of ether oxygens (including phenoxy) is 1. The van der Waals surface area contributed by atoms with Gasteiger partial charge in [-0.05, 0) is 24.8 Å². The van der Waals surface area contributed by atoms with Gasteiger partial charge >= 0.3 is 5.97 Å². The molecule has 0 unspecified atom stereocenters. The summed E-state index contributed by atoms with van der Waals surface area (Å²) in [4.78, 5) is 34.6. The van der Waals surface area contributed by atoms with Gasteiger partial charge in [-0.2, -0.15) is 0 Å². The molecule has 6 nitrogen and oxygen atoms in total.